The quantitative estimate of drug-likeness (QED) is 0.719. The van der Waals surface area contributed by atoms with Gasteiger partial charge in [0, 0.05) is 17.4 Å². The highest BCUT2D eigenvalue weighted by atomic mass is 35.5. The molecule has 4 nitrogen and oxygen atoms in total. The molecule has 0 aliphatic heterocycles. The molecule has 1 aromatic carbocycles. The lowest BCUT2D eigenvalue weighted by Crippen LogP contribution is -1.92. The Morgan fingerprint density at radius 2 is 2.00 bits per heavy atom. The summed E-state index contributed by atoms with van der Waals surface area (Å²) in [5.74, 6) is 1.92. The van der Waals surface area contributed by atoms with Crippen LogP contribution in [-0.4, -0.2) is 10.1 Å². The first kappa shape index (κ1) is 13.1. The fourth-order valence-corrected chi connectivity index (χ4v) is 2.70. The van der Waals surface area contributed by atoms with Crippen LogP contribution in [-0.2, 0) is 6.61 Å². The number of ether oxygens (including phenoxy) is 1. The van der Waals surface area contributed by atoms with Gasteiger partial charge in [0.2, 0.25) is 11.7 Å². The van der Waals surface area contributed by atoms with Gasteiger partial charge in [-0.15, -0.1) is 11.3 Å². The van der Waals surface area contributed by atoms with Crippen molar-refractivity contribution in [3.63, 3.8) is 0 Å². The van der Waals surface area contributed by atoms with Gasteiger partial charge in [-0.1, -0.05) is 16.8 Å². The second kappa shape index (κ2) is 5.64. The summed E-state index contributed by atoms with van der Waals surface area (Å²) < 4.78 is 11.4. The Bertz CT molecular complexity index is 706. The molecule has 0 N–H and O–H groups in total. The maximum Gasteiger partial charge on any atom is 0.223 e. The van der Waals surface area contributed by atoms with Crippen molar-refractivity contribution in [2.75, 3.05) is 0 Å². The Kier molecular flexibility index (Phi) is 3.71. The average Bonchev–Trinajstić information content (AvgIpc) is 3.06. The van der Waals surface area contributed by atoms with E-state index in [-0.39, 0.29) is 0 Å². The van der Waals surface area contributed by atoms with Crippen LogP contribution in [0.15, 0.2) is 40.9 Å². The number of nitrogens with zero attached hydrogens (tertiary/aromatic N) is 2. The molecule has 0 bridgehead atoms. The second-order valence-electron chi connectivity index (χ2n) is 4.16. The normalized spacial score (nSPS) is 10.7. The number of benzene rings is 1. The fraction of sp³-hybridized carbons (Fsp3) is 0.143. The van der Waals surface area contributed by atoms with Gasteiger partial charge in [-0.25, -0.2) is 0 Å². The summed E-state index contributed by atoms with van der Waals surface area (Å²) in [7, 11) is 0. The molecular formula is C14H11ClN2O2S. The molecule has 0 atom stereocenters. The summed E-state index contributed by atoms with van der Waals surface area (Å²) >= 11 is 7.39. The zero-order valence-corrected chi connectivity index (χ0v) is 12.2. The molecule has 3 aromatic rings. The van der Waals surface area contributed by atoms with Gasteiger partial charge < -0.3 is 9.26 Å². The molecule has 0 unspecified atom stereocenters. The van der Waals surface area contributed by atoms with E-state index in [0.29, 0.717) is 18.3 Å². The number of hydrogen-bond acceptors (Lipinski definition) is 5. The highest BCUT2D eigenvalue weighted by Gasteiger charge is 2.06. The van der Waals surface area contributed by atoms with Crippen molar-refractivity contribution in [3.05, 3.63) is 51.5 Å². The van der Waals surface area contributed by atoms with Gasteiger partial charge in [-0.3, -0.25) is 0 Å². The summed E-state index contributed by atoms with van der Waals surface area (Å²) in [4.78, 5) is 5.27. The molecule has 0 amide bonds. The summed E-state index contributed by atoms with van der Waals surface area (Å²) in [5.41, 5.74) is 0.897. The molecular weight excluding hydrogens is 296 g/mol. The van der Waals surface area contributed by atoms with Crippen LogP contribution in [0.5, 0.6) is 5.75 Å². The summed E-state index contributed by atoms with van der Waals surface area (Å²) in [5, 5.41) is 3.87. The van der Waals surface area contributed by atoms with Crippen LogP contribution in [0.4, 0.5) is 0 Å². The molecule has 102 valence electrons. The molecule has 0 saturated heterocycles. The monoisotopic (exact) mass is 306 g/mol. The van der Waals surface area contributed by atoms with E-state index in [1.54, 1.807) is 6.92 Å². The van der Waals surface area contributed by atoms with Gasteiger partial charge in [0.1, 0.15) is 12.4 Å². The Morgan fingerprint density at radius 1 is 1.20 bits per heavy atom. The van der Waals surface area contributed by atoms with E-state index < -0.39 is 0 Å². The van der Waals surface area contributed by atoms with E-state index in [1.807, 2.05) is 36.4 Å². The minimum atomic E-state index is 0.512. The molecule has 20 heavy (non-hydrogen) atoms. The van der Waals surface area contributed by atoms with E-state index in [1.165, 1.54) is 11.3 Å². The van der Waals surface area contributed by atoms with Gasteiger partial charge in [0.05, 0.1) is 4.34 Å². The van der Waals surface area contributed by atoms with E-state index in [9.17, 15) is 0 Å². The summed E-state index contributed by atoms with van der Waals surface area (Å²) in [6, 6.07) is 11.4. The maximum atomic E-state index is 5.87. The first-order chi connectivity index (χ1) is 9.70. The van der Waals surface area contributed by atoms with Crippen LogP contribution in [0.2, 0.25) is 4.34 Å². The van der Waals surface area contributed by atoms with Gasteiger partial charge in [-0.2, -0.15) is 4.98 Å². The Labute approximate surface area is 125 Å². The lowest BCUT2D eigenvalue weighted by Gasteiger charge is -2.04. The van der Waals surface area contributed by atoms with Crippen LogP contribution in [0.25, 0.3) is 11.4 Å². The lowest BCUT2D eigenvalue weighted by atomic mass is 10.2. The van der Waals surface area contributed by atoms with E-state index in [0.717, 1.165) is 20.5 Å². The Hall–Kier alpha value is -1.85. The summed E-state index contributed by atoms with van der Waals surface area (Å²) in [6.07, 6.45) is 0. The van der Waals surface area contributed by atoms with Crippen molar-refractivity contribution in [1.29, 1.82) is 0 Å². The van der Waals surface area contributed by atoms with Gasteiger partial charge in [0.15, 0.2) is 0 Å². The molecule has 0 spiro atoms. The zero-order valence-electron chi connectivity index (χ0n) is 10.7. The largest absolute Gasteiger partial charge is 0.488 e. The van der Waals surface area contributed by atoms with E-state index in [2.05, 4.69) is 10.1 Å². The minimum absolute atomic E-state index is 0.512. The van der Waals surface area contributed by atoms with Crippen LogP contribution < -0.4 is 4.74 Å². The Balaban J connectivity index is 1.67. The SMILES string of the molecule is Cc1nc(-c2ccc(OCc3ccc(Cl)s3)cc2)no1. The lowest BCUT2D eigenvalue weighted by molar-refractivity contribution is 0.310. The van der Waals surface area contributed by atoms with E-state index >= 15 is 0 Å². The molecule has 6 heteroatoms. The molecule has 0 aliphatic rings. The zero-order chi connectivity index (χ0) is 13.9. The highest BCUT2D eigenvalue weighted by molar-refractivity contribution is 7.16. The highest BCUT2D eigenvalue weighted by Crippen LogP contribution is 2.24. The molecule has 0 saturated carbocycles. The number of aromatic nitrogens is 2. The third-order valence-electron chi connectivity index (χ3n) is 2.65. The van der Waals surface area contributed by atoms with Crippen LogP contribution >= 0.6 is 22.9 Å². The molecule has 0 aliphatic carbocycles. The smallest absolute Gasteiger partial charge is 0.223 e. The van der Waals surface area contributed by atoms with Gasteiger partial charge >= 0.3 is 0 Å². The maximum absolute atomic E-state index is 5.87. The molecule has 3 rings (SSSR count). The second-order valence-corrected chi connectivity index (χ2v) is 5.96. The molecule has 2 aromatic heterocycles. The molecule has 0 radical (unpaired) electrons. The summed E-state index contributed by atoms with van der Waals surface area (Å²) in [6.45, 7) is 2.28. The predicted molar refractivity (Wildman–Crippen MR) is 78.1 cm³/mol. The van der Waals surface area contributed by atoms with Gasteiger partial charge in [0.25, 0.3) is 0 Å². The van der Waals surface area contributed by atoms with Crippen LogP contribution in [0, 0.1) is 6.92 Å². The number of thiophene rings is 1. The number of rotatable bonds is 4. The third-order valence-corrected chi connectivity index (χ3v) is 3.85. The Morgan fingerprint density at radius 3 is 2.60 bits per heavy atom. The van der Waals surface area contributed by atoms with Crippen LogP contribution in [0.3, 0.4) is 0 Å². The number of hydrogen-bond donors (Lipinski definition) is 0. The van der Waals surface area contributed by atoms with E-state index in [4.69, 9.17) is 20.9 Å². The van der Waals surface area contributed by atoms with Crippen molar-refractivity contribution in [2.24, 2.45) is 0 Å². The van der Waals surface area contributed by atoms with Crippen molar-refractivity contribution in [2.45, 2.75) is 13.5 Å². The molecule has 2 heterocycles. The predicted octanol–water partition coefficient (Wildman–Crippen LogP) is 4.34. The van der Waals surface area contributed by atoms with Gasteiger partial charge in [-0.05, 0) is 36.4 Å². The van der Waals surface area contributed by atoms with Crippen molar-refractivity contribution >= 4 is 22.9 Å². The topological polar surface area (TPSA) is 48.2 Å². The van der Waals surface area contributed by atoms with Crippen molar-refractivity contribution in [1.82, 2.24) is 10.1 Å². The third kappa shape index (κ3) is 3.00. The van der Waals surface area contributed by atoms with Crippen LogP contribution in [0.1, 0.15) is 10.8 Å². The fourth-order valence-electron chi connectivity index (χ4n) is 1.70. The minimum Gasteiger partial charge on any atom is -0.488 e. The first-order valence-electron chi connectivity index (χ1n) is 5.98. The molecule has 0 fully saturated rings. The number of aryl methyl sites for hydroxylation is 1. The number of halogens is 1. The average molecular weight is 307 g/mol. The standard InChI is InChI=1S/C14H11ClN2O2S/c1-9-16-14(17-19-9)10-2-4-11(5-3-10)18-8-12-6-7-13(15)20-12/h2-7H,8H2,1H3. The first-order valence-corrected chi connectivity index (χ1v) is 7.18. The van der Waals surface area contributed by atoms with Crippen molar-refractivity contribution < 1.29 is 9.26 Å². The van der Waals surface area contributed by atoms with Crippen molar-refractivity contribution in [3.8, 4) is 17.1 Å².